The summed E-state index contributed by atoms with van der Waals surface area (Å²) in [7, 11) is -3.36. The van der Waals surface area contributed by atoms with Crippen LogP contribution in [-0.2, 0) is 16.6 Å². The van der Waals surface area contributed by atoms with E-state index in [4.69, 9.17) is 0 Å². The van der Waals surface area contributed by atoms with Gasteiger partial charge >= 0.3 is 0 Å². The molecule has 0 radical (unpaired) electrons. The van der Waals surface area contributed by atoms with Gasteiger partial charge in [0.25, 0.3) is 0 Å². The van der Waals surface area contributed by atoms with Crippen molar-refractivity contribution in [3.63, 3.8) is 0 Å². The monoisotopic (exact) mass is 318 g/mol. The van der Waals surface area contributed by atoms with Crippen LogP contribution in [-0.4, -0.2) is 31.9 Å². The van der Waals surface area contributed by atoms with Gasteiger partial charge in [-0.15, -0.1) is 11.3 Å². The minimum absolute atomic E-state index is 0.0125. The lowest BCUT2D eigenvalue weighted by atomic mass is 10.4. The van der Waals surface area contributed by atoms with Crippen LogP contribution in [0.4, 0.5) is 0 Å². The number of rotatable bonds is 9. The van der Waals surface area contributed by atoms with Crippen molar-refractivity contribution in [1.82, 2.24) is 9.62 Å². The number of hydrogen-bond acceptors (Lipinski definition) is 4. The largest absolute Gasteiger partial charge is 0.312 e. The third kappa shape index (κ3) is 4.55. The molecule has 0 saturated heterocycles. The highest BCUT2D eigenvalue weighted by molar-refractivity contribution is 7.89. The summed E-state index contributed by atoms with van der Waals surface area (Å²) in [5, 5.41) is 5.05. The van der Waals surface area contributed by atoms with E-state index in [1.54, 1.807) is 15.8 Å². The van der Waals surface area contributed by atoms with E-state index in [1.165, 1.54) is 11.3 Å². The summed E-state index contributed by atoms with van der Waals surface area (Å²) in [5.41, 5.74) is 0. The molecule has 0 aromatic carbocycles. The molecule has 6 heteroatoms. The first-order chi connectivity index (χ1) is 9.43. The molecule has 0 fully saturated rings. The van der Waals surface area contributed by atoms with Gasteiger partial charge in [0.15, 0.2) is 0 Å². The van der Waals surface area contributed by atoms with Crippen LogP contribution >= 0.6 is 11.3 Å². The summed E-state index contributed by atoms with van der Waals surface area (Å²) in [6, 6.07) is 1.79. The third-order valence-corrected chi connectivity index (χ3v) is 6.12. The van der Waals surface area contributed by atoms with Gasteiger partial charge in [-0.3, -0.25) is 0 Å². The van der Waals surface area contributed by atoms with Crippen LogP contribution in [0.5, 0.6) is 0 Å². The Labute approximate surface area is 127 Å². The molecular formula is C14H26N2O2S2. The number of nitrogens with one attached hydrogen (secondary N) is 1. The molecule has 116 valence electrons. The molecule has 0 saturated carbocycles. The first-order valence-electron chi connectivity index (χ1n) is 7.23. The zero-order chi connectivity index (χ0) is 15.2. The Morgan fingerprint density at radius 1 is 1.30 bits per heavy atom. The van der Waals surface area contributed by atoms with Crippen molar-refractivity contribution < 1.29 is 8.42 Å². The molecule has 1 aromatic heterocycles. The maximum absolute atomic E-state index is 12.6. The van der Waals surface area contributed by atoms with Crippen molar-refractivity contribution in [3.8, 4) is 0 Å². The van der Waals surface area contributed by atoms with Crippen LogP contribution in [0.15, 0.2) is 16.3 Å². The molecule has 0 aliphatic carbocycles. The van der Waals surface area contributed by atoms with Gasteiger partial charge in [0, 0.05) is 29.4 Å². The highest BCUT2D eigenvalue weighted by atomic mass is 32.2. The van der Waals surface area contributed by atoms with E-state index in [-0.39, 0.29) is 6.04 Å². The summed E-state index contributed by atoms with van der Waals surface area (Å²) in [6.07, 6.45) is 1.90. The number of sulfonamides is 1. The SMILES string of the molecule is CCCNCc1cc(S(=O)(=O)N(CCC)C(C)C)cs1. The quantitative estimate of drug-likeness (QED) is 0.712. The van der Waals surface area contributed by atoms with Gasteiger partial charge in [-0.25, -0.2) is 8.42 Å². The molecule has 0 spiro atoms. The van der Waals surface area contributed by atoms with Gasteiger partial charge in [0.2, 0.25) is 10.0 Å². The van der Waals surface area contributed by atoms with Crippen LogP contribution in [0.1, 0.15) is 45.4 Å². The first kappa shape index (κ1) is 17.6. The molecule has 0 aliphatic rings. The Morgan fingerprint density at radius 3 is 2.55 bits per heavy atom. The van der Waals surface area contributed by atoms with E-state index in [2.05, 4.69) is 12.2 Å². The molecule has 4 nitrogen and oxygen atoms in total. The normalized spacial score (nSPS) is 12.5. The van der Waals surface area contributed by atoms with Gasteiger partial charge in [-0.05, 0) is 39.3 Å². The molecule has 1 aromatic rings. The lowest BCUT2D eigenvalue weighted by molar-refractivity contribution is 0.354. The van der Waals surface area contributed by atoms with E-state index in [1.807, 2.05) is 20.8 Å². The Morgan fingerprint density at radius 2 is 2.00 bits per heavy atom. The van der Waals surface area contributed by atoms with Crippen LogP contribution in [0.25, 0.3) is 0 Å². The number of hydrogen-bond donors (Lipinski definition) is 1. The Balaban J connectivity index is 2.86. The smallest absolute Gasteiger partial charge is 0.244 e. The fourth-order valence-electron chi connectivity index (χ4n) is 1.99. The summed E-state index contributed by atoms with van der Waals surface area (Å²) in [5.74, 6) is 0. The van der Waals surface area contributed by atoms with E-state index in [0.717, 1.165) is 30.8 Å². The van der Waals surface area contributed by atoms with Crippen molar-refractivity contribution in [2.75, 3.05) is 13.1 Å². The minimum atomic E-state index is -3.36. The van der Waals surface area contributed by atoms with E-state index < -0.39 is 10.0 Å². The van der Waals surface area contributed by atoms with Crippen LogP contribution in [0, 0.1) is 0 Å². The highest BCUT2D eigenvalue weighted by Gasteiger charge is 2.27. The summed E-state index contributed by atoms with van der Waals surface area (Å²) in [6.45, 7) is 10.2. The predicted octanol–water partition coefficient (Wildman–Crippen LogP) is 3.06. The molecule has 0 bridgehead atoms. The van der Waals surface area contributed by atoms with Gasteiger partial charge < -0.3 is 5.32 Å². The standard InChI is InChI=1S/C14H26N2O2S2/c1-5-7-15-10-13-9-14(11-19-13)20(17,18)16(8-6-2)12(3)4/h9,11-12,15H,5-8,10H2,1-4H3. The Kier molecular flexibility index (Phi) is 7.15. The zero-order valence-electron chi connectivity index (χ0n) is 12.8. The lowest BCUT2D eigenvalue weighted by Gasteiger charge is -2.24. The topological polar surface area (TPSA) is 49.4 Å². The van der Waals surface area contributed by atoms with Gasteiger partial charge in [0.05, 0.1) is 4.90 Å². The van der Waals surface area contributed by atoms with E-state index in [9.17, 15) is 8.42 Å². The average molecular weight is 319 g/mol. The van der Waals surface area contributed by atoms with E-state index in [0.29, 0.717) is 11.4 Å². The molecule has 0 unspecified atom stereocenters. The molecule has 0 atom stereocenters. The third-order valence-electron chi connectivity index (χ3n) is 2.98. The molecule has 1 heterocycles. The second kappa shape index (κ2) is 8.12. The van der Waals surface area contributed by atoms with Crippen LogP contribution in [0.3, 0.4) is 0 Å². The predicted molar refractivity (Wildman–Crippen MR) is 85.6 cm³/mol. The highest BCUT2D eigenvalue weighted by Crippen LogP contribution is 2.24. The average Bonchev–Trinajstić information content (AvgIpc) is 2.85. The number of thiophene rings is 1. The summed E-state index contributed by atoms with van der Waals surface area (Å²) in [4.78, 5) is 1.50. The van der Waals surface area contributed by atoms with E-state index >= 15 is 0 Å². The van der Waals surface area contributed by atoms with Gasteiger partial charge in [-0.1, -0.05) is 13.8 Å². The molecular weight excluding hydrogens is 292 g/mol. The second-order valence-electron chi connectivity index (χ2n) is 5.14. The molecule has 0 aliphatic heterocycles. The molecule has 1 N–H and O–H groups in total. The fraction of sp³-hybridized carbons (Fsp3) is 0.714. The second-order valence-corrected chi connectivity index (χ2v) is 8.02. The molecule has 0 amide bonds. The zero-order valence-corrected chi connectivity index (χ0v) is 14.5. The lowest BCUT2D eigenvalue weighted by Crippen LogP contribution is -2.37. The summed E-state index contributed by atoms with van der Waals surface area (Å²) >= 11 is 1.51. The Bertz CT molecular complexity index is 495. The van der Waals surface area contributed by atoms with Crippen molar-refractivity contribution in [3.05, 3.63) is 16.3 Å². The van der Waals surface area contributed by atoms with Gasteiger partial charge in [-0.2, -0.15) is 4.31 Å². The van der Waals surface area contributed by atoms with Crippen molar-refractivity contribution in [2.24, 2.45) is 0 Å². The van der Waals surface area contributed by atoms with Crippen LogP contribution in [0.2, 0.25) is 0 Å². The Hall–Kier alpha value is -0.430. The number of nitrogens with zero attached hydrogens (tertiary/aromatic N) is 1. The molecule has 20 heavy (non-hydrogen) atoms. The summed E-state index contributed by atoms with van der Waals surface area (Å²) < 4.78 is 26.8. The van der Waals surface area contributed by atoms with Crippen LogP contribution < -0.4 is 5.32 Å². The maximum atomic E-state index is 12.6. The maximum Gasteiger partial charge on any atom is 0.244 e. The minimum Gasteiger partial charge on any atom is -0.312 e. The molecule has 1 rings (SSSR count). The van der Waals surface area contributed by atoms with Crippen molar-refractivity contribution in [2.45, 2.75) is 58.0 Å². The fourth-order valence-corrected chi connectivity index (χ4v) is 4.95. The van der Waals surface area contributed by atoms with Crippen molar-refractivity contribution in [1.29, 1.82) is 0 Å². The first-order valence-corrected chi connectivity index (χ1v) is 9.55. The van der Waals surface area contributed by atoms with Crippen molar-refractivity contribution >= 4 is 21.4 Å². The van der Waals surface area contributed by atoms with Gasteiger partial charge in [0.1, 0.15) is 0 Å².